The highest BCUT2D eigenvalue weighted by Crippen LogP contribution is 2.34. The van der Waals surface area contributed by atoms with E-state index in [-0.39, 0.29) is 0 Å². The van der Waals surface area contributed by atoms with Gasteiger partial charge in [0.2, 0.25) is 0 Å². The van der Waals surface area contributed by atoms with E-state index in [1.165, 1.54) is 29.9 Å². The summed E-state index contributed by atoms with van der Waals surface area (Å²) in [5.74, 6) is 2.82. The standard InChI is InChI=1S/C20H29N3O2S/c1-19(2,3)25-18(24)22-20(4,5)17-21-12-15-16(10-7-11-23(15)17)26-13-14-8-6-9-14/h7,10-12,14H,6,8-9,13H2,1-5H3,(H,22,24). The van der Waals surface area contributed by atoms with Crippen molar-refractivity contribution in [3.05, 3.63) is 30.4 Å². The normalized spacial score (nSPS) is 15.7. The van der Waals surface area contributed by atoms with E-state index in [1.54, 1.807) is 0 Å². The number of amides is 1. The number of alkyl carbamates (subject to hydrolysis) is 1. The molecule has 0 bridgehead atoms. The van der Waals surface area contributed by atoms with E-state index >= 15 is 0 Å². The molecule has 3 rings (SSSR count). The first-order valence-electron chi connectivity index (χ1n) is 9.26. The third-order valence-corrected chi connectivity index (χ3v) is 5.90. The second kappa shape index (κ2) is 7.14. The molecule has 2 aromatic rings. The lowest BCUT2D eigenvalue weighted by Crippen LogP contribution is -2.44. The fourth-order valence-corrected chi connectivity index (χ4v) is 4.28. The molecule has 1 amide bonds. The number of thioether (sulfide) groups is 1. The Morgan fingerprint density at radius 1 is 1.35 bits per heavy atom. The molecule has 2 heterocycles. The topological polar surface area (TPSA) is 55.6 Å². The maximum Gasteiger partial charge on any atom is 0.408 e. The van der Waals surface area contributed by atoms with Crippen LogP contribution < -0.4 is 5.32 Å². The summed E-state index contributed by atoms with van der Waals surface area (Å²) < 4.78 is 7.47. The first kappa shape index (κ1) is 19.1. The smallest absolute Gasteiger partial charge is 0.408 e. The Balaban J connectivity index is 1.79. The van der Waals surface area contributed by atoms with Crippen molar-refractivity contribution in [3.63, 3.8) is 0 Å². The molecule has 2 aromatic heterocycles. The zero-order valence-corrected chi connectivity index (χ0v) is 17.2. The summed E-state index contributed by atoms with van der Waals surface area (Å²) in [6.45, 7) is 9.46. The number of nitrogens with one attached hydrogen (secondary N) is 1. The lowest BCUT2D eigenvalue weighted by Gasteiger charge is -2.28. The third-order valence-electron chi connectivity index (χ3n) is 4.60. The molecule has 0 unspecified atom stereocenters. The summed E-state index contributed by atoms with van der Waals surface area (Å²) in [4.78, 5) is 18.1. The van der Waals surface area contributed by atoms with Crippen molar-refractivity contribution in [2.75, 3.05) is 5.75 Å². The van der Waals surface area contributed by atoms with E-state index < -0.39 is 17.2 Å². The third kappa shape index (κ3) is 4.34. The van der Waals surface area contributed by atoms with Gasteiger partial charge in [-0.2, -0.15) is 0 Å². The first-order chi connectivity index (χ1) is 12.2. The predicted octanol–water partition coefficient (Wildman–Crippen LogP) is 4.99. The van der Waals surface area contributed by atoms with E-state index in [1.807, 2.05) is 64.8 Å². The van der Waals surface area contributed by atoms with Gasteiger partial charge in [0, 0.05) is 16.8 Å². The van der Waals surface area contributed by atoms with Crippen molar-refractivity contribution in [2.45, 2.75) is 69.9 Å². The average molecular weight is 376 g/mol. The maximum atomic E-state index is 12.2. The highest BCUT2D eigenvalue weighted by molar-refractivity contribution is 7.99. The van der Waals surface area contributed by atoms with Gasteiger partial charge in [0.1, 0.15) is 11.4 Å². The van der Waals surface area contributed by atoms with Crippen LogP contribution in [-0.4, -0.2) is 26.8 Å². The molecule has 0 spiro atoms. The second-order valence-electron chi connectivity index (χ2n) is 8.57. The summed E-state index contributed by atoms with van der Waals surface area (Å²) in [6.07, 6.45) is 7.55. The van der Waals surface area contributed by atoms with E-state index in [0.717, 1.165) is 17.3 Å². The number of pyridine rings is 1. The van der Waals surface area contributed by atoms with Crippen LogP contribution in [0, 0.1) is 5.92 Å². The van der Waals surface area contributed by atoms with Gasteiger partial charge in [0.05, 0.1) is 17.3 Å². The Morgan fingerprint density at radius 3 is 2.69 bits per heavy atom. The number of ether oxygens (including phenoxy) is 1. The van der Waals surface area contributed by atoms with Crippen LogP contribution in [0.4, 0.5) is 4.79 Å². The maximum absolute atomic E-state index is 12.2. The van der Waals surface area contributed by atoms with Crippen LogP contribution in [0.25, 0.3) is 5.52 Å². The van der Waals surface area contributed by atoms with Gasteiger partial charge in [0.25, 0.3) is 0 Å². The minimum Gasteiger partial charge on any atom is -0.444 e. The number of carbonyl (C=O) groups is 1. The fraction of sp³-hybridized carbons (Fsp3) is 0.600. The molecule has 0 saturated heterocycles. The van der Waals surface area contributed by atoms with Crippen molar-refractivity contribution in [2.24, 2.45) is 5.92 Å². The zero-order chi connectivity index (χ0) is 18.9. The molecule has 1 aliphatic carbocycles. The van der Waals surface area contributed by atoms with Crippen LogP contribution >= 0.6 is 11.8 Å². The predicted molar refractivity (Wildman–Crippen MR) is 106 cm³/mol. The molecule has 1 N–H and O–H groups in total. The molecule has 0 aliphatic heterocycles. The minimum atomic E-state index is -0.647. The number of aromatic nitrogens is 2. The van der Waals surface area contributed by atoms with Gasteiger partial charge in [-0.15, -0.1) is 11.8 Å². The van der Waals surface area contributed by atoms with Gasteiger partial charge in [-0.25, -0.2) is 9.78 Å². The molecule has 1 fully saturated rings. The Morgan fingerprint density at radius 2 is 2.08 bits per heavy atom. The van der Waals surface area contributed by atoms with Crippen molar-refractivity contribution in [3.8, 4) is 0 Å². The van der Waals surface area contributed by atoms with E-state index in [4.69, 9.17) is 4.74 Å². The van der Waals surface area contributed by atoms with Gasteiger partial charge < -0.3 is 14.5 Å². The number of nitrogens with zero attached hydrogens (tertiary/aromatic N) is 2. The van der Waals surface area contributed by atoms with Crippen LogP contribution in [0.15, 0.2) is 29.4 Å². The molecule has 0 radical (unpaired) electrons. The second-order valence-corrected chi connectivity index (χ2v) is 9.63. The van der Waals surface area contributed by atoms with Gasteiger partial charge in [0.15, 0.2) is 0 Å². The Hall–Kier alpha value is -1.69. The fourth-order valence-electron chi connectivity index (χ4n) is 3.06. The van der Waals surface area contributed by atoms with E-state index in [2.05, 4.69) is 20.8 Å². The number of carbonyl (C=O) groups excluding carboxylic acids is 1. The van der Waals surface area contributed by atoms with Crippen molar-refractivity contribution in [1.29, 1.82) is 0 Å². The highest BCUT2D eigenvalue weighted by Gasteiger charge is 2.30. The van der Waals surface area contributed by atoms with Crippen LogP contribution in [0.5, 0.6) is 0 Å². The quantitative estimate of drug-likeness (QED) is 0.748. The summed E-state index contributed by atoms with van der Waals surface area (Å²) in [7, 11) is 0. The molecule has 142 valence electrons. The minimum absolute atomic E-state index is 0.435. The summed E-state index contributed by atoms with van der Waals surface area (Å²) in [6, 6.07) is 4.20. The van der Waals surface area contributed by atoms with Crippen LogP contribution in [0.2, 0.25) is 0 Å². The molecule has 0 aromatic carbocycles. The lowest BCUT2D eigenvalue weighted by atomic mass is 9.87. The van der Waals surface area contributed by atoms with Crippen molar-refractivity contribution >= 4 is 23.4 Å². The number of rotatable bonds is 5. The van der Waals surface area contributed by atoms with Gasteiger partial charge in [-0.1, -0.05) is 6.42 Å². The Labute approximate surface area is 159 Å². The summed E-state index contributed by atoms with van der Waals surface area (Å²) in [5, 5.41) is 2.94. The Kier molecular flexibility index (Phi) is 5.24. The number of imidazole rings is 1. The summed E-state index contributed by atoms with van der Waals surface area (Å²) >= 11 is 1.91. The van der Waals surface area contributed by atoms with Crippen LogP contribution in [0.1, 0.15) is 59.7 Å². The molecule has 6 heteroatoms. The van der Waals surface area contributed by atoms with Gasteiger partial charge >= 0.3 is 6.09 Å². The summed E-state index contributed by atoms with van der Waals surface area (Å²) in [5.41, 5.74) is -0.0856. The van der Waals surface area contributed by atoms with Gasteiger partial charge in [-0.05, 0) is 65.5 Å². The molecule has 5 nitrogen and oxygen atoms in total. The molecular weight excluding hydrogens is 346 g/mol. The monoisotopic (exact) mass is 375 g/mol. The highest BCUT2D eigenvalue weighted by atomic mass is 32.2. The van der Waals surface area contributed by atoms with Crippen molar-refractivity contribution < 1.29 is 9.53 Å². The Bertz CT molecular complexity index is 788. The average Bonchev–Trinajstić information content (AvgIpc) is 2.88. The van der Waals surface area contributed by atoms with Gasteiger partial charge in [-0.3, -0.25) is 0 Å². The largest absolute Gasteiger partial charge is 0.444 e. The number of hydrogen-bond donors (Lipinski definition) is 1. The molecular formula is C20H29N3O2S. The van der Waals surface area contributed by atoms with Crippen LogP contribution in [0.3, 0.4) is 0 Å². The van der Waals surface area contributed by atoms with E-state index in [0.29, 0.717) is 0 Å². The SMILES string of the molecule is CC(C)(C)OC(=O)NC(C)(C)c1ncc2c(SCC3CCC3)cccn12. The molecule has 1 saturated carbocycles. The molecule has 0 atom stereocenters. The molecule has 1 aliphatic rings. The zero-order valence-electron chi connectivity index (χ0n) is 16.3. The number of hydrogen-bond acceptors (Lipinski definition) is 4. The number of fused-ring (bicyclic) bond motifs is 1. The van der Waals surface area contributed by atoms with Crippen LogP contribution in [-0.2, 0) is 10.3 Å². The first-order valence-corrected chi connectivity index (χ1v) is 10.2. The van der Waals surface area contributed by atoms with E-state index in [9.17, 15) is 4.79 Å². The molecule has 26 heavy (non-hydrogen) atoms. The lowest BCUT2D eigenvalue weighted by molar-refractivity contribution is 0.0466. The van der Waals surface area contributed by atoms with Crippen molar-refractivity contribution in [1.82, 2.24) is 14.7 Å².